The topological polar surface area (TPSA) is 70.0 Å². The van der Waals surface area contributed by atoms with Crippen LogP contribution in [-0.4, -0.2) is 22.5 Å². The molecule has 0 aliphatic carbocycles. The third-order valence-corrected chi connectivity index (χ3v) is 8.43. The van der Waals surface area contributed by atoms with Crippen LogP contribution in [0.1, 0.15) is 5.56 Å². The molecule has 108 valence electrons. The molecule has 0 bridgehead atoms. The normalized spacial score (nSPS) is 25.3. The smallest absolute Gasteiger partial charge is 0.207 e. The summed E-state index contributed by atoms with van der Waals surface area (Å²) in [5.41, 5.74) is 1.02. The van der Waals surface area contributed by atoms with Crippen molar-refractivity contribution in [3.63, 3.8) is 0 Å². The van der Waals surface area contributed by atoms with Gasteiger partial charge in [-0.15, -0.1) is 0 Å². The number of sulfonamides is 1. The van der Waals surface area contributed by atoms with Crippen LogP contribution >= 0.6 is 0 Å². The minimum Gasteiger partial charge on any atom is -0.207 e. The zero-order chi connectivity index (χ0) is 15.0. The molecule has 1 aliphatic rings. The summed E-state index contributed by atoms with van der Waals surface area (Å²) in [4.78, 5) is 0.270. The van der Waals surface area contributed by atoms with Gasteiger partial charge in [0.05, 0.1) is 25.0 Å². The van der Waals surface area contributed by atoms with Gasteiger partial charge in [-0.3, -0.25) is 0 Å². The Balaban J connectivity index is 2.21. The van der Waals surface area contributed by atoms with Crippen LogP contribution in [0.4, 0.5) is 0 Å². The van der Waals surface area contributed by atoms with Crippen molar-refractivity contribution in [2.24, 2.45) is 5.92 Å². The SMILES string of the molecule is Cc1ccc(S(=O)(=O)N[C@H]2C[Si](C)(C)C[C@@H]2C#N)cc1. The van der Waals surface area contributed by atoms with E-state index in [1.807, 2.05) is 6.92 Å². The van der Waals surface area contributed by atoms with Crippen LogP contribution in [0.25, 0.3) is 0 Å². The minimum atomic E-state index is -3.53. The van der Waals surface area contributed by atoms with E-state index in [9.17, 15) is 13.7 Å². The van der Waals surface area contributed by atoms with E-state index in [2.05, 4.69) is 23.9 Å². The largest absolute Gasteiger partial charge is 0.240 e. The Bertz CT molecular complexity index is 632. The number of rotatable bonds is 3. The predicted molar refractivity (Wildman–Crippen MR) is 81.5 cm³/mol. The van der Waals surface area contributed by atoms with Crippen LogP contribution in [-0.2, 0) is 10.0 Å². The lowest BCUT2D eigenvalue weighted by atomic mass is 10.1. The molecule has 20 heavy (non-hydrogen) atoms. The maximum atomic E-state index is 12.4. The summed E-state index contributed by atoms with van der Waals surface area (Å²) in [6.45, 7) is 6.33. The van der Waals surface area contributed by atoms with Crippen molar-refractivity contribution < 1.29 is 8.42 Å². The van der Waals surface area contributed by atoms with Crippen molar-refractivity contribution in [3.8, 4) is 6.07 Å². The lowest BCUT2D eigenvalue weighted by molar-refractivity contribution is 0.531. The van der Waals surface area contributed by atoms with E-state index >= 15 is 0 Å². The summed E-state index contributed by atoms with van der Waals surface area (Å²) >= 11 is 0. The highest BCUT2D eigenvalue weighted by molar-refractivity contribution is 7.89. The van der Waals surface area contributed by atoms with E-state index in [1.54, 1.807) is 24.3 Å². The molecule has 6 heteroatoms. The number of nitrogens with one attached hydrogen (secondary N) is 1. The second-order valence-corrected chi connectivity index (χ2v) is 13.2. The third-order valence-electron chi connectivity index (χ3n) is 3.83. The number of nitriles is 1. The van der Waals surface area contributed by atoms with Crippen LogP contribution in [0, 0.1) is 24.2 Å². The van der Waals surface area contributed by atoms with Crippen molar-refractivity contribution in [1.29, 1.82) is 5.26 Å². The molecule has 1 aromatic carbocycles. The van der Waals surface area contributed by atoms with Gasteiger partial charge in [0.2, 0.25) is 10.0 Å². The Hall–Kier alpha value is -1.16. The Morgan fingerprint density at radius 2 is 1.85 bits per heavy atom. The highest BCUT2D eigenvalue weighted by Gasteiger charge is 2.42. The minimum absolute atomic E-state index is 0.197. The van der Waals surface area contributed by atoms with Gasteiger partial charge in [-0.25, -0.2) is 13.1 Å². The molecular formula is C14H20N2O2SSi. The maximum Gasteiger partial charge on any atom is 0.240 e. The number of hydrogen-bond donors (Lipinski definition) is 1. The molecule has 2 rings (SSSR count). The van der Waals surface area contributed by atoms with E-state index in [1.165, 1.54) is 0 Å². The quantitative estimate of drug-likeness (QED) is 0.872. The zero-order valence-electron chi connectivity index (χ0n) is 12.1. The molecule has 2 atom stereocenters. The van der Waals surface area contributed by atoms with Gasteiger partial charge in [0, 0.05) is 6.04 Å². The van der Waals surface area contributed by atoms with E-state index in [-0.39, 0.29) is 16.9 Å². The second kappa shape index (κ2) is 5.32. The maximum absolute atomic E-state index is 12.4. The lowest BCUT2D eigenvalue weighted by Crippen LogP contribution is -2.37. The molecule has 1 N–H and O–H groups in total. The summed E-state index contributed by atoms with van der Waals surface area (Å²) in [5.74, 6) is -0.197. The first-order chi connectivity index (χ1) is 9.23. The number of benzene rings is 1. The average molecular weight is 308 g/mol. The van der Waals surface area contributed by atoms with Crippen LogP contribution in [0.2, 0.25) is 25.2 Å². The molecule has 0 spiro atoms. The van der Waals surface area contributed by atoms with Gasteiger partial charge in [0.15, 0.2) is 0 Å². The van der Waals surface area contributed by atoms with Gasteiger partial charge in [-0.1, -0.05) is 30.8 Å². The summed E-state index contributed by atoms with van der Waals surface area (Å²) in [6, 6.07) is 10.5. The van der Waals surface area contributed by atoms with Gasteiger partial charge in [-0.05, 0) is 31.1 Å². The summed E-state index contributed by atoms with van der Waals surface area (Å²) in [7, 11) is -4.98. The fraction of sp³-hybridized carbons (Fsp3) is 0.500. The van der Waals surface area contributed by atoms with Crippen molar-refractivity contribution in [1.82, 2.24) is 4.72 Å². The van der Waals surface area contributed by atoms with E-state index < -0.39 is 18.1 Å². The molecule has 0 saturated carbocycles. The van der Waals surface area contributed by atoms with Crippen molar-refractivity contribution in [2.45, 2.75) is 43.0 Å². The molecule has 0 unspecified atom stereocenters. The Morgan fingerprint density at radius 1 is 1.25 bits per heavy atom. The highest BCUT2D eigenvalue weighted by Crippen LogP contribution is 2.35. The molecule has 1 heterocycles. The summed E-state index contributed by atoms with van der Waals surface area (Å²) in [5, 5.41) is 9.21. The molecule has 0 aromatic heterocycles. The van der Waals surface area contributed by atoms with Crippen molar-refractivity contribution in [2.75, 3.05) is 0 Å². The first kappa shape index (κ1) is 15.2. The monoisotopic (exact) mass is 308 g/mol. The predicted octanol–water partition coefficient (Wildman–Crippen LogP) is 2.50. The van der Waals surface area contributed by atoms with Gasteiger partial charge < -0.3 is 0 Å². The van der Waals surface area contributed by atoms with E-state index in [0.29, 0.717) is 0 Å². The van der Waals surface area contributed by atoms with Crippen LogP contribution in [0.3, 0.4) is 0 Å². The third kappa shape index (κ3) is 3.29. The fourth-order valence-corrected chi connectivity index (χ4v) is 7.54. The lowest BCUT2D eigenvalue weighted by Gasteiger charge is -2.17. The van der Waals surface area contributed by atoms with E-state index in [0.717, 1.165) is 17.7 Å². The van der Waals surface area contributed by atoms with Crippen molar-refractivity contribution >= 4 is 18.1 Å². The average Bonchev–Trinajstić information content (AvgIpc) is 2.63. The van der Waals surface area contributed by atoms with Crippen molar-refractivity contribution in [3.05, 3.63) is 29.8 Å². The molecule has 4 nitrogen and oxygen atoms in total. The Morgan fingerprint density at radius 3 is 2.40 bits per heavy atom. The Kier molecular flexibility index (Phi) is 4.05. The molecule has 1 saturated heterocycles. The first-order valence-electron chi connectivity index (χ1n) is 6.72. The van der Waals surface area contributed by atoms with Gasteiger partial charge in [0.1, 0.15) is 0 Å². The van der Waals surface area contributed by atoms with Gasteiger partial charge in [-0.2, -0.15) is 5.26 Å². The second-order valence-electron chi connectivity index (χ2n) is 6.35. The van der Waals surface area contributed by atoms with Crippen LogP contribution in [0.15, 0.2) is 29.2 Å². The molecule has 0 radical (unpaired) electrons. The number of aryl methyl sites for hydroxylation is 1. The van der Waals surface area contributed by atoms with Gasteiger partial charge >= 0.3 is 0 Å². The van der Waals surface area contributed by atoms with Crippen LogP contribution < -0.4 is 4.72 Å². The standard InChI is InChI=1S/C14H20N2O2SSi/c1-11-4-6-13(7-5-11)19(17,18)16-14-10-20(2,3)9-12(14)8-15/h4-7,12,14,16H,9-10H2,1-3H3/t12-,14-/m0/s1. The summed E-state index contributed by atoms with van der Waals surface area (Å²) in [6.07, 6.45) is 0. The molecule has 0 amide bonds. The number of nitrogens with zero attached hydrogens (tertiary/aromatic N) is 1. The Labute approximate surface area is 121 Å². The van der Waals surface area contributed by atoms with Crippen LogP contribution in [0.5, 0.6) is 0 Å². The molecule has 1 aromatic rings. The first-order valence-corrected chi connectivity index (χ1v) is 11.6. The van der Waals surface area contributed by atoms with Gasteiger partial charge in [0.25, 0.3) is 0 Å². The van der Waals surface area contributed by atoms with E-state index in [4.69, 9.17) is 0 Å². The summed E-state index contributed by atoms with van der Waals surface area (Å²) < 4.78 is 27.5. The number of hydrogen-bond acceptors (Lipinski definition) is 3. The molecule has 1 aliphatic heterocycles. The molecular weight excluding hydrogens is 288 g/mol. The highest BCUT2D eigenvalue weighted by atomic mass is 32.2. The zero-order valence-corrected chi connectivity index (χ0v) is 13.9. The fourth-order valence-electron chi connectivity index (χ4n) is 2.80. The molecule has 1 fully saturated rings.